The molecule has 13 heteroatoms. The minimum atomic E-state index is -0.611. The normalized spacial score (nSPS) is 15.6. The number of anilines is 1. The number of hydrogen-bond donors (Lipinski definition) is 1. The molecule has 0 radical (unpaired) electrons. The van der Waals surface area contributed by atoms with E-state index in [-0.39, 0.29) is 31.4 Å². The van der Waals surface area contributed by atoms with Crippen molar-refractivity contribution in [1.29, 1.82) is 0 Å². The van der Waals surface area contributed by atoms with Crippen molar-refractivity contribution < 1.29 is 23.8 Å². The SMILES string of the molecule is CC(C)(C)OC(=O)N1CC[C@@H](n2cc(-c3ccc(OCc4cnnn4COC(=O)C(C)(C)C)cc3)c3c(N)ncnc32)C1. The van der Waals surface area contributed by atoms with Gasteiger partial charge in [-0.3, -0.25) is 4.79 Å². The number of fused-ring (bicyclic) bond motifs is 1. The maximum absolute atomic E-state index is 12.7. The van der Waals surface area contributed by atoms with Gasteiger partial charge < -0.3 is 29.4 Å². The smallest absolute Gasteiger partial charge is 0.410 e. The zero-order chi connectivity index (χ0) is 30.9. The van der Waals surface area contributed by atoms with Gasteiger partial charge in [-0.2, -0.15) is 0 Å². The number of nitrogen functional groups attached to an aromatic ring is 1. The van der Waals surface area contributed by atoms with Crippen LogP contribution >= 0.6 is 0 Å². The van der Waals surface area contributed by atoms with Crippen LogP contribution in [-0.2, 0) is 27.6 Å². The molecule has 3 aromatic heterocycles. The standard InChI is InChI=1S/C30H38N8O5/c1-29(2,3)27(39)42-18-38-21(13-34-35-38)16-41-22-9-7-19(8-10-22)23-15-37(26-24(23)25(31)32-17-33-26)20-11-12-36(14-20)28(40)43-30(4,5)6/h7-10,13,15,17,20H,11-12,14,16,18H2,1-6H3,(H2,31,32,33)/t20-/m1/s1. The highest BCUT2D eigenvalue weighted by atomic mass is 16.6. The first-order valence-corrected chi connectivity index (χ1v) is 14.2. The molecule has 1 fully saturated rings. The minimum Gasteiger partial charge on any atom is -0.487 e. The molecule has 4 aromatic rings. The first kappa shape index (κ1) is 29.8. The number of esters is 1. The zero-order valence-corrected chi connectivity index (χ0v) is 25.4. The van der Waals surface area contributed by atoms with Gasteiger partial charge in [0.1, 0.15) is 35.7 Å². The molecule has 2 N–H and O–H groups in total. The van der Waals surface area contributed by atoms with Gasteiger partial charge in [0.2, 0.25) is 0 Å². The predicted molar refractivity (Wildman–Crippen MR) is 159 cm³/mol. The molecule has 1 aliphatic rings. The number of carbonyl (C=O) groups is 2. The van der Waals surface area contributed by atoms with E-state index in [1.807, 2.05) is 51.2 Å². The Morgan fingerprint density at radius 3 is 2.51 bits per heavy atom. The van der Waals surface area contributed by atoms with Gasteiger partial charge in [0, 0.05) is 24.8 Å². The third-order valence-electron chi connectivity index (χ3n) is 7.03. The van der Waals surface area contributed by atoms with E-state index in [2.05, 4.69) is 24.8 Å². The van der Waals surface area contributed by atoms with Gasteiger partial charge in [-0.05, 0) is 65.7 Å². The molecule has 1 amide bonds. The Balaban J connectivity index is 1.30. The van der Waals surface area contributed by atoms with Crippen molar-refractivity contribution in [2.45, 2.75) is 72.9 Å². The summed E-state index contributed by atoms with van der Waals surface area (Å²) in [4.78, 5) is 35.3. The molecule has 0 unspecified atom stereocenters. The van der Waals surface area contributed by atoms with Crippen molar-refractivity contribution in [1.82, 2.24) is 34.4 Å². The number of nitrogens with zero attached hydrogens (tertiary/aromatic N) is 7. The fourth-order valence-electron chi connectivity index (χ4n) is 4.79. The highest BCUT2D eigenvalue weighted by Gasteiger charge is 2.32. The van der Waals surface area contributed by atoms with Gasteiger partial charge in [-0.15, -0.1) is 5.10 Å². The Bertz CT molecular complexity index is 1610. The molecule has 1 atom stereocenters. The van der Waals surface area contributed by atoms with E-state index in [0.29, 0.717) is 36.0 Å². The first-order valence-electron chi connectivity index (χ1n) is 14.2. The number of likely N-dealkylation sites (tertiary alicyclic amines) is 1. The highest BCUT2D eigenvalue weighted by Crippen LogP contribution is 2.37. The van der Waals surface area contributed by atoms with Crippen LogP contribution in [0, 0.1) is 5.41 Å². The summed E-state index contributed by atoms with van der Waals surface area (Å²) in [5, 5.41) is 8.67. The van der Waals surface area contributed by atoms with E-state index < -0.39 is 11.0 Å². The second-order valence-electron chi connectivity index (χ2n) is 12.6. The van der Waals surface area contributed by atoms with Crippen LogP contribution in [0.2, 0.25) is 0 Å². The van der Waals surface area contributed by atoms with Gasteiger partial charge in [-0.1, -0.05) is 17.3 Å². The van der Waals surface area contributed by atoms with E-state index in [1.54, 1.807) is 31.9 Å². The Labute approximate surface area is 249 Å². The Hall–Kier alpha value is -4.68. The molecule has 1 aromatic carbocycles. The van der Waals surface area contributed by atoms with Crippen LogP contribution in [0.3, 0.4) is 0 Å². The molecule has 228 valence electrons. The quantitative estimate of drug-likeness (QED) is 0.303. The molecule has 43 heavy (non-hydrogen) atoms. The van der Waals surface area contributed by atoms with Gasteiger partial charge in [-0.25, -0.2) is 19.4 Å². The molecular weight excluding hydrogens is 552 g/mol. The first-order chi connectivity index (χ1) is 20.3. The van der Waals surface area contributed by atoms with E-state index >= 15 is 0 Å². The van der Waals surface area contributed by atoms with Crippen LogP contribution in [0.15, 0.2) is 43.0 Å². The van der Waals surface area contributed by atoms with Crippen molar-refractivity contribution in [3.63, 3.8) is 0 Å². The summed E-state index contributed by atoms with van der Waals surface area (Å²) in [7, 11) is 0. The Morgan fingerprint density at radius 2 is 1.81 bits per heavy atom. The number of hydrogen-bond acceptors (Lipinski definition) is 10. The van der Waals surface area contributed by atoms with Crippen LogP contribution < -0.4 is 10.5 Å². The molecule has 0 bridgehead atoms. The van der Waals surface area contributed by atoms with Crippen molar-refractivity contribution in [2.75, 3.05) is 18.8 Å². The fraction of sp³-hybridized carbons (Fsp3) is 0.467. The molecule has 1 saturated heterocycles. The summed E-state index contributed by atoms with van der Waals surface area (Å²) >= 11 is 0. The molecular formula is C30H38N8O5. The Morgan fingerprint density at radius 1 is 1.07 bits per heavy atom. The lowest BCUT2D eigenvalue weighted by atomic mass is 9.98. The lowest BCUT2D eigenvalue weighted by Crippen LogP contribution is -2.35. The maximum Gasteiger partial charge on any atom is 0.410 e. The molecule has 0 spiro atoms. The van der Waals surface area contributed by atoms with Crippen LogP contribution in [-0.4, -0.2) is 65.2 Å². The predicted octanol–water partition coefficient (Wildman–Crippen LogP) is 4.58. The fourth-order valence-corrected chi connectivity index (χ4v) is 4.79. The van der Waals surface area contributed by atoms with E-state index in [0.717, 1.165) is 22.9 Å². The monoisotopic (exact) mass is 590 g/mol. The third kappa shape index (κ3) is 6.71. The second-order valence-corrected chi connectivity index (χ2v) is 12.6. The summed E-state index contributed by atoms with van der Waals surface area (Å²) < 4.78 is 20.5. The zero-order valence-electron chi connectivity index (χ0n) is 25.4. The summed E-state index contributed by atoms with van der Waals surface area (Å²) in [5.41, 5.74) is 8.36. The van der Waals surface area contributed by atoms with Crippen LogP contribution in [0.25, 0.3) is 22.2 Å². The van der Waals surface area contributed by atoms with Crippen LogP contribution in [0.5, 0.6) is 5.75 Å². The van der Waals surface area contributed by atoms with E-state index in [4.69, 9.17) is 19.9 Å². The van der Waals surface area contributed by atoms with Crippen molar-refractivity contribution in [2.24, 2.45) is 5.41 Å². The number of amides is 1. The van der Waals surface area contributed by atoms with E-state index in [1.165, 1.54) is 11.0 Å². The van der Waals surface area contributed by atoms with Gasteiger partial charge in [0.25, 0.3) is 0 Å². The van der Waals surface area contributed by atoms with Crippen LogP contribution in [0.1, 0.15) is 59.7 Å². The molecule has 0 aliphatic carbocycles. The average Bonchev–Trinajstić information content (AvgIpc) is 3.68. The number of rotatable bonds is 7. The molecule has 5 rings (SSSR count). The molecule has 1 aliphatic heterocycles. The molecule has 13 nitrogen and oxygen atoms in total. The number of benzene rings is 1. The number of carbonyl (C=O) groups excluding carboxylic acids is 2. The molecule has 0 saturated carbocycles. The highest BCUT2D eigenvalue weighted by molar-refractivity contribution is 6.00. The van der Waals surface area contributed by atoms with Crippen molar-refractivity contribution >= 4 is 28.9 Å². The summed E-state index contributed by atoms with van der Waals surface area (Å²) in [6.07, 6.45) is 5.50. The van der Waals surface area contributed by atoms with Gasteiger partial charge >= 0.3 is 12.1 Å². The number of ether oxygens (including phenoxy) is 3. The van der Waals surface area contributed by atoms with E-state index in [9.17, 15) is 9.59 Å². The van der Waals surface area contributed by atoms with Gasteiger partial charge in [0.05, 0.1) is 28.7 Å². The summed E-state index contributed by atoms with van der Waals surface area (Å²) in [5.74, 6) is 0.695. The maximum atomic E-state index is 12.7. The van der Waals surface area contributed by atoms with Crippen molar-refractivity contribution in [3.05, 3.63) is 48.7 Å². The average molecular weight is 591 g/mol. The van der Waals surface area contributed by atoms with Crippen LogP contribution in [0.4, 0.5) is 10.6 Å². The minimum absolute atomic E-state index is 0.0156. The topological polar surface area (TPSA) is 153 Å². The van der Waals surface area contributed by atoms with Crippen molar-refractivity contribution in [3.8, 4) is 16.9 Å². The summed E-state index contributed by atoms with van der Waals surface area (Å²) in [6.45, 7) is 12.2. The summed E-state index contributed by atoms with van der Waals surface area (Å²) in [6, 6.07) is 7.65. The third-order valence-corrected chi connectivity index (χ3v) is 7.03. The number of aromatic nitrogens is 6. The second kappa shape index (κ2) is 11.5. The molecule has 4 heterocycles. The number of nitrogens with two attached hydrogens (primary N) is 1. The van der Waals surface area contributed by atoms with Gasteiger partial charge in [0.15, 0.2) is 6.73 Å². The lowest BCUT2D eigenvalue weighted by Gasteiger charge is -2.24. The Kier molecular flexibility index (Phi) is 8.00. The largest absolute Gasteiger partial charge is 0.487 e. The lowest BCUT2D eigenvalue weighted by molar-refractivity contribution is -0.157.